The molecule has 10 heteroatoms. The van der Waals surface area contributed by atoms with E-state index >= 15 is 0 Å². The highest BCUT2D eigenvalue weighted by Crippen LogP contribution is 2.42. The summed E-state index contributed by atoms with van der Waals surface area (Å²) in [5, 5.41) is 16.5. The number of hydrogen-bond acceptors (Lipinski definition) is 6. The molecule has 0 aromatic carbocycles. The molecule has 3 aromatic rings. The number of halogens is 3. The molecule has 1 saturated carbocycles. The van der Waals surface area contributed by atoms with Gasteiger partial charge in [-0.1, -0.05) is 0 Å². The third-order valence-electron chi connectivity index (χ3n) is 4.05. The van der Waals surface area contributed by atoms with E-state index in [0.29, 0.717) is 22.2 Å². The molecule has 4 rings (SSSR count). The Kier molecular flexibility index (Phi) is 3.61. The number of aliphatic hydroxyl groups is 1. The van der Waals surface area contributed by atoms with Crippen molar-refractivity contribution in [3.8, 4) is 0 Å². The molecule has 3 heterocycles. The smallest absolute Gasteiger partial charge is 0.396 e. The molecule has 24 heavy (non-hydrogen) atoms. The molecule has 0 aliphatic heterocycles. The van der Waals surface area contributed by atoms with Gasteiger partial charge in [-0.25, -0.2) is 9.97 Å². The Morgan fingerprint density at radius 3 is 2.79 bits per heavy atom. The molecule has 0 bridgehead atoms. The molecule has 1 fully saturated rings. The van der Waals surface area contributed by atoms with E-state index in [1.807, 2.05) is 0 Å². The van der Waals surface area contributed by atoms with E-state index in [2.05, 4.69) is 20.2 Å². The van der Waals surface area contributed by atoms with Crippen LogP contribution < -0.4 is 0 Å². The molecule has 2 atom stereocenters. The number of hydrogen-bond donors (Lipinski definition) is 1. The number of aliphatic hydroxyl groups excluding tert-OH is 1. The van der Waals surface area contributed by atoms with E-state index in [9.17, 15) is 13.2 Å². The molecular formula is C14H12F3N5OS. The Labute approximate surface area is 138 Å². The molecular weight excluding hydrogens is 343 g/mol. The van der Waals surface area contributed by atoms with Gasteiger partial charge in [-0.3, -0.25) is 4.40 Å². The third-order valence-corrected chi connectivity index (χ3v) is 5.19. The zero-order valence-corrected chi connectivity index (χ0v) is 13.0. The molecule has 0 radical (unpaired) electrons. The Bertz CT molecular complexity index is 912. The maximum absolute atomic E-state index is 13.2. The van der Waals surface area contributed by atoms with E-state index in [1.54, 1.807) is 12.1 Å². The first-order valence-corrected chi connectivity index (χ1v) is 8.28. The number of aromatic nitrogens is 5. The molecule has 6 nitrogen and oxygen atoms in total. The summed E-state index contributed by atoms with van der Waals surface area (Å²) in [6, 6.07) is 3.23. The fourth-order valence-corrected chi connectivity index (χ4v) is 3.84. The number of thioether (sulfide) groups is 1. The first kappa shape index (κ1) is 15.6. The van der Waals surface area contributed by atoms with Crippen LogP contribution in [0.3, 0.4) is 0 Å². The third kappa shape index (κ3) is 2.59. The first-order chi connectivity index (χ1) is 11.5. The summed E-state index contributed by atoms with van der Waals surface area (Å²) in [6.45, 7) is 0.138. The number of fused-ring (bicyclic) bond motifs is 3. The number of nitrogens with zero attached hydrogens (tertiary/aromatic N) is 5. The Balaban J connectivity index is 1.82. The minimum atomic E-state index is -4.63. The zero-order valence-electron chi connectivity index (χ0n) is 12.2. The lowest BCUT2D eigenvalue weighted by molar-refractivity contribution is -0.145. The fourth-order valence-electron chi connectivity index (χ4n) is 2.64. The topological polar surface area (TPSA) is 76.2 Å². The molecule has 0 spiro atoms. The van der Waals surface area contributed by atoms with Gasteiger partial charge in [0, 0.05) is 18.6 Å². The largest absolute Gasteiger partial charge is 0.452 e. The lowest BCUT2D eigenvalue weighted by atomic mass is 10.4. The second-order valence-electron chi connectivity index (χ2n) is 5.69. The van der Waals surface area contributed by atoms with E-state index in [0.717, 1.165) is 10.8 Å². The van der Waals surface area contributed by atoms with Gasteiger partial charge in [0.25, 0.3) is 0 Å². The second-order valence-corrected chi connectivity index (χ2v) is 6.70. The minimum Gasteiger partial charge on any atom is -0.396 e. The van der Waals surface area contributed by atoms with Gasteiger partial charge in [-0.15, -0.1) is 22.0 Å². The van der Waals surface area contributed by atoms with Gasteiger partial charge in [-0.05, 0) is 30.4 Å². The number of rotatable bonds is 4. The van der Waals surface area contributed by atoms with Gasteiger partial charge in [0.15, 0.2) is 11.3 Å². The minimum absolute atomic E-state index is 0.0553. The van der Waals surface area contributed by atoms with Crippen LogP contribution in [-0.4, -0.2) is 42.0 Å². The average molecular weight is 355 g/mol. The van der Waals surface area contributed by atoms with Crippen LogP contribution in [0.1, 0.15) is 12.2 Å². The van der Waals surface area contributed by atoms with Crippen molar-refractivity contribution >= 4 is 28.6 Å². The summed E-state index contributed by atoms with van der Waals surface area (Å²) < 4.78 is 40.6. The van der Waals surface area contributed by atoms with Crippen molar-refractivity contribution in [2.24, 2.45) is 11.8 Å². The zero-order chi connectivity index (χ0) is 16.9. The fraction of sp³-hybridized carbons (Fsp3) is 0.429. The maximum Gasteiger partial charge on any atom is 0.452 e. The van der Waals surface area contributed by atoms with E-state index in [4.69, 9.17) is 5.11 Å². The average Bonchev–Trinajstić information content (AvgIpc) is 3.16. The quantitative estimate of drug-likeness (QED) is 0.725. The van der Waals surface area contributed by atoms with Crippen molar-refractivity contribution in [2.75, 3.05) is 12.4 Å². The van der Waals surface area contributed by atoms with Crippen LogP contribution >= 0.6 is 11.8 Å². The Morgan fingerprint density at radius 1 is 1.25 bits per heavy atom. The van der Waals surface area contributed by atoms with Crippen LogP contribution in [0.25, 0.3) is 16.8 Å². The lowest BCUT2D eigenvalue weighted by Crippen LogP contribution is -2.12. The summed E-state index contributed by atoms with van der Waals surface area (Å²) in [6.07, 6.45) is -2.30. The predicted molar refractivity (Wildman–Crippen MR) is 80.5 cm³/mol. The molecule has 126 valence electrons. The van der Waals surface area contributed by atoms with Crippen LogP contribution in [0.5, 0.6) is 0 Å². The van der Waals surface area contributed by atoms with Crippen molar-refractivity contribution in [1.82, 2.24) is 24.6 Å². The highest BCUT2D eigenvalue weighted by atomic mass is 32.2. The van der Waals surface area contributed by atoms with E-state index in [1.165, 1.54) is 18.0 Å². The summed E-state index contributed by atoms with van der Waals surface area (Å²) in [5.74, 6) is 0.203. The van der Waals surface area contributed by atoms with Gasteiger partial charge in [0.1, 0.15) is 10.5 Å². The van der Waals surface area contributed by atoms with Crippen LogP contribution in [0, 0.1) is 11.8 Å². The monoisotopic (exact) mass is 355 g/mol. The molecule has 0 amide bonds. The molecule has 0 unspecified atom stereocenters. The van der Waals surface area contributed by atoms with Gasteiger partial charge in [0.2, 0.25) is 5.82 Å². The van der Waals surface area contributed by atoms with Crippen molar-refractivity contribution in [3.05, 3.63) is 24.2 Å². The van der Waals surface area contributed by atoms with Gasteiger partial charge in [-0.2, -0.15) is 13.2 Å². The van der Waals surface area contributed by atoms with Crippen LogP contribution in [0.2, 0.25) is 0 Å². The molecule has 1 aliphatic carbocycles. The maximum atomic E-state index is 13.2. The SMILES string of the molecule is OC[C@H]1C[C@H]1CSc1nc2cccnc2n2c(C(F)(F)F)nnc12. The molecule has 1 aliphatic rings. The van der Waals surface area contributed by atoms with Gasteiger partial charge in [0.05, 0.1) is 0 Å². The Hall–Kier alpha value is -1.94. The van der Waals surface area contributed by atoms with Crippen molar-refractivity contribution < 1.29 is 18.3 Å². The summed E-state index contributed by atoms with van der Waals surface area (Å²) in [7, 11) is 0. The van der Waals surface area contributed by atoms with E-state index < -0.39 is 12.0 Å². The van der Waals surface area contributed by atoms with Crippen molar-refractivity contribution in [3.63, 3.8) is 0 Å². The normalized spacial score (nSPS) is 20.8. The first-order valence-electron chi connectivity index (χ1n) is 7.29. The van der Waals surface area contributed by atoms with Crippen molar-refractivity contribution in [2.45, 2.75) is 17.6 Å². The van der Waals surface area contributed by atoms with E-state index in [-0.39, 0.29) is 23.8 Å². The van der Waals surface area contributed by atoms with Crippen LogP contribution in [0.4, 0.5) is 13.2 Å². The van der Waals surface area contributed by atoms with Crippen LogP contribution in [-0.2, 0) is 6.18 Å². The van der Waals surface area contributed by atoms with Crippen LogP contribution in [0.15, 0.2) is 23.4 Å². The predicted octanol–water partition coefficient (Wildman–Crippen LogP) is 2.41. The summed E-state index contributed by atoms with van der Waals surface area (Å²) in [4.78, 5) is 8.40. The van der Waals surface area contributed by atoms with Crippen molar-refractivity contribution in [1.29, 1.82) is 0 Å². The highest BCUT2D eigenvalue weighted by Gasteiger charge is 2.39. The van der Waals surface area contributed by atoms with Gasteiger partial charge < -0.3 is 5.11 Å². The standard InChI is InChI=1S/C14H12F3N5OS/c15-14(16,17)13-21-20-11-12(24-6-8-4-7(8)5-23)19-9-2-1-3-18-10(9)22(11)13/h1-3,7-8,23H,4-6H2/t7-,8+/m1/s1. The summed E-state index contributed by atoms with van der Waals surface area (Å²) >= 11 is 1.34. The lowest BCUT2D eigenvalue weighted by Gasteiger charge is -2.08. The number of pyridine rings is 1. The molecule has 0 saturated heterocycles. The number of alkyl halides is 3. The molecule has 3 aromatic heterocycles. The highest BCUT2D eigenvalue weighted by molar-refractivity contribution is 7.99. The second kappa shape index (κ2) is 5.55. The Morgan fingerprint density at radius 2 is 2.08 bits per heavy atom. The summed E-state index contributed by atoms with van der Waals surface area (Å²) in [5.41, 5.74) is 0.487. The molecule has 1 N–H and O–H groups in total. The van der Waals surface area contributed by atoms with Gasteiger partial charge >= 0.3 is 6.18 Å².